The first-order valence-corrected chi connectivity index (χ1v) is 2.22. The quantitative estimate of drug-likeness (QED) is 0.214. The summed E-state index contributed by atoms with van der Waals surface area (Å²) in [6, 6.07) is 0. The van der Waals surface area contributed by atoms with Gasteiger partial charge < -0.3 is 9.84 Å². The Morgan fingerprint density at radius 2 is 1.82 bits per heavy atom. The predicted octanol–water partition coefficient (Wildman–Crippen LogP) is -0.676. The first-order valence-electron chi connectivity index (χ1n) is 2.22. The van der Waals surface area contributed by atoms with Gasteiger partial charge in [0, 0.05) is 29.2 Å². The van der Waals surface area contributed by atoms with Crippen molar-refractivity contribution in [1.29, 1.82) is 0 Å². The van der Waals surface area contributed by atoms with Crippen molar-refractivity contribution in [2.75, 3.05) is 0 Å². The molecule has 0 amide bonds. The van der Waals surface area contributed by atoms with Gasteiger partial charge in [0.25, 0.3) is 0 Å². The molecule has 5 nitrogen and oxygen atoms in total. The van der Waals surface area contributed by atoms with E-state index < -0.39 is 11.9 Å². The van der Waals surface area contributed by atoms with Crippen molar-refractivity contribution >= 4 is 18.4 Å². The van der Waals surface area contributed by atoms with Crippen LogP contribution in [0.15, 0.2) is 12.2 Å². The van der Waals surface area contributed by atoms with Crippen LogP contribution in [-0.4, -0.2) is 23.5 Å². The summed E-state index contributed by atoms with van der Waals surface area (Å²) in [6.07, 6.45) is 1.21. The summed E-state index contributed by atoms with van der Waals surface area (Å²) in [4.78, 5) is 29.3. The first kappa shape index (κ1) is 12.5. The topological polar surface area (TPSA) is 80.7 Å². The van der Waals surface area contributed by atoms with Crippen LogP contribution in [0.3, 0.4) is 0 Å². The molecule has 0 saturated carbocycles. The number of esters is 1. The Balaban J connectivity index is 0. The number of carboxylic acid groups (broad SMARTS) is 1. The van der Waals surface area contributed by atoms with E-state index in [9.17, 15) is 14.4 Å². The fourth-order valence-electron chi connectivity index (χ4n) is 0.226. The van der Waals surface area contributed by atoms with Crippen molar-refractivity contribution < 1.29 is 41.3 Å². The molecule has 0 aliphatic rings. The average Bonchev–Trinajstić information content (AvgIpc) is 1.85. The van der Waals surface area contributed by atoms with E-state index in [0.717, 1.165) is 0 Å². The number of hydrogen-bond acceptors (Lipinski definition) is 4. The van der Waals surface area contributed by atoms with Crippen molar-refractivity contribution in [2.45, 2.75) is 0 Å². The number of aliphatic carboxylic acids is 1. The molecule has 0 aromatic rings. The van der Waals surface area contributed by atoms with Crippen LogP contribution in [0.25, 0.3) is 0 Å². The zero-order chi connectivity index (χ0) is 7.98. The molecule has 0 saturated heterocycles. The molecule has 0 unspecified atom stereocenters. The molecule has 0 atom stereocenters. The standard InChI is InChI=1S/C5H4O5.Fe/c6-3-10-5(9)2-1-4(7)8;/h1-3H,(H,7,8);/b2-1-;. The Morgan fingerprint density at radius 3 is 2.18 bits per heavy atom. The Labute approximate surface area is 72.5 Å². The summed E-state index contributed by atoms with van der Waals surface area (Å²) in [5, 5.41) is 7.95. The van der Waals surface area contributed by atoms with E-state index in [4.69, 9.17) is 5.11 Å². The fraction of sp³-hybridized carbons (Fsp3) is 0. The molecule has 0 heterocycles. The minimum atomic E-state index is -1.28. The third-order valence-electron chi connectivity index (χ3n) is 0.526. The SMILES string of the molecule is O=COC(=O)/C=C\C(=O)O.[Fe]. The normalized spacial score (nSPS) is 8.36. The monoisotopic (exact) mass is 200 g/mol. The van der Waals surface area contributed by atoms with E-state index in [1.807, 2.05) is 0 Å². The molecular weight excluding hydrogens is 196 g/mol. The molecule has 0 spiro atoms. The van der Waals surface area contributed by atoms with E-state index in [1.54, 1.807) is 0 Å². The second kappa shape index (κ2) is 6.98. The molecule has 0 rings (SSSR count). The van der Waals surface area contributed by atoms with Gasteiger partial charge >= 0.3 is 18.4 Å². The van der Waals surface area contributed by atoms with Gasteiger partial charge in [-0.25, -0.2) is 9.59 Å². The molecule has 0 bridgehead atoms. The molecule has 0 aromatic heterocycles. The maximum absolute atomic E-state index is 10.1. The zero-order valence-corrected chi connectivity index (χ0v) is 6.27. The number of carboxylic acids is 1. The van der Waals surface area contributed by atoms with Gasteiger partial charge in [-0.3, -0.25) is 4.79 Å². The predicted molar refractivity (Wildman–Crippen MR) is 28.9 cm³/mol. The second-order valence-electron chi connectivity index (χ2n) is 1.20. The van der Waals surface area contributed by atoms with Crippen LogP contribution in [0.5, 0.6) is 0 Å². The molecular formula is C5H4FeO5. The summed E-state index contributed by atoms with van der Waals surface area (Å²) in [5.74, 6) is -2.28. The molecule has 1 N–H and O–H groups in total. The largest absolute Gasteiger partial charge is 0.478 e. The van der Waals surface area contributed by atoms with Gasteiger partial charge in [0.2, 0.25) is 0 Å². The number of rotatable bonds is 3. The molecule has 0 aliphatic heterocycles. The van der Waals surface area contributed by atoms with E-state index in [-0.39, 0.29) is 23.5 Å². The van der Waals surface area contributed by atoms with Crippen molar-refractivity contribution in [3.63, 3.8) is 0 Å². The maximum Gasteiger partial charge on any atom is 0.338 e. The number of carbonyl (C=O) groups excluding carboxylic acids is 2. The third-order valence-corrected chi connectivity index (χ3v) is 0.526. The molecule has 0 aliphatic carbocycles. The molecule has 0 radical (unpaired) electrons. The maximum atomic E-state index is 10.1. The fourth-order valence-corrected chi connectivity index (χ4v) is 0.226. The van der Waals surface area contributed by atoms with Crippen LogP contribution in [0.4, 0.5) is 0 Å². The van der Waals surface area contributed by atoms with E-state index in [1.165, 1.54) is 0 Å². The van der Waals surface area contributed by atoms with Gasteiger partial charge in [-0.05, 0) is 0 Å². The minimum Gasteiger partial charge on any atom is -0.478 e. The van der Waals surface area contributed by atoms with Gasteiger partial charge in [0.05, 0.1) is 0 Å². The van der Waals surface area contributed by atoms with Crippen LogP contribution in [-0.2, 0) is 36.2 Å². The van der Waals surface area contributed by atoms with Gasteiger partial charge in [-0.15, -0.1) is 0 Å². The zero-order valence-electron chi connectivity index (χ0n) is 5.17. The molecule has 0 aromatic carbocycles. The summed E-state index contributed by atoms with van der Waals surface area (Å²) in [5.41, 5.74) is 0. The summed E-state index contributed by atoms with van der Waals surface area (Å²) in [7, 11) is 0. The third kappa shape index (κ3) is 8.87. The molecule has 0 fully saturated rings. The van der Waals surface area contributed by atoms with Crippen molar-refractivity contribution in [3.05, 3.63) is 12.2 Å². The summed E-state index contributed by atoms with van der Waals surface area (Å²) >= 11 is 0. The molecule has 62 valence electrons. The van der Waals surface area contributed by atoms with Crippen LogP contribution in [0.2, 0.25) is 0 Å². The Kier molecular flexibility index (Phi) is 7.96. The Hall–Kier alpha value is -1.13. The van der Waals surface area contributed by atoms with Crippen molar-refractivity contribution in [2.24, 2.45) is 0 Å². The second-order valence-corrected chi connectivity index (χ2v) is 1.20. The first-order chi connectivity index (χ1) is 4.66. The van der Waals surface area contributed by atoms with Crippen LogP contribution >= 0.6 is 0 Å². The number of hydrogen-bond donors (Lipinski definition) is 1. The van der Waals surface area contributed by atoms with Gasteiger partial charge in [0.15, 0.2) is 0 Å². The van der Waals surface area contributed by atoms with E-state index in [0.29, 0.717) is 12.2 Å². The number of carbonyl (C=O) groups is 3. The van der Waals surface area contributed by atoms with Gasteiger partial charge in [-0.2, -0.15) is 0 Å². The van der Waals surface area contributed by atoms with Gasteiger partial charge in [0.1, 0.15) is 0 Å². The van der Waals surface area contributed by atoms with Crippen LogP contribution < -0.4 is 0 Å². The smallest absolute Gasteiger partial charge is 0.338 e. The molecule has 11 heavy (non-hydrogen) atoms. The van der Waals surface area contributed by atoms with Gasteiger partial charge in [-0.1, -0.05) is 0 Å². The van der Waals surface area contributed by atoms with Crippen LogP contribution in [0, 0.1) is 0 Å². The molecule has 6 heteroatoms. The summed E-state index contributed by atoms with van der Waals surface area (Å²) < 4.78 is 3.72. The summed E-state index contributed by atoms with van der Waals surface area (Å²) in [6.45, 7) is -0.0749. The van der Waals surface area contributed by atoms with Crippen molar-refractivity contribution in [3.8, 4) is 0 Å². The van der Waals surface area contributed by atoms with Crippen LogP contribution in [0.1, 0.15) is 0 Å². The Morgan fingerprint density at radius 1 is 1.27 bits per heavy atom. The average molecular weight is 200 g/mol. The minimum absolute atomic E-state index is 0. The van der Waals surface area contributed by atoms with E-state index >= 15 is 0 Å². The van der Waals surface area contributed by atoms with Crippen molar-refractivity contribution in [1.82, 2.24) is 0 Å². The van der Waals surface area contributed by atoms with E-state index in [2.05, 4.69) is 4.74 Å². The Bertz CT molecular complexity index is 185. The number of ether oxygens (including phenoxy) is 1.